The Kier molecular flexibility index (Phi) is 6.22. The number of carbonyl (C=O) groups excluding carboxylic acids is 1. The Balaban J connectivity index is 1.49. The van der Waals surface area contributed by atoms with E-state index in [2.05, 4.69) is 22.1 Å². The van der Waals surface area contributed by atoms with Gasteiger partial charge in [0.15, 0.2) is 5.69 Å². The van der Waals surface area contributed by atoms with Gasteiger partial charge >= 0.3 is 0 Å². The molecule has 1 N–H and O–H groups in total. The van der Waals surface area contributed by atoms with Gasteiger partial charge in [-0.05, 0) is 32.0 Å². The molecule has 7 nitrogen and oxygen atoms in total. The molecule has 0 unspecified atom stereocenters. The fourth-order valence-electron chi connectivity index (χ4n) is 4.92. The molecule has 4 aromatic rings. The van der Waals surface area contributed by atoms with E-state index in [4.69, 9.17) is 4.42 Å². The van der Waals surface area contributed by atoms with Crippen molar-refractivity contribution in [3.05, 3.63) is 65.9 Å². The van der Waals surface area contributed by atoms with E-state index in [1.165, 1.54) is 0 Å². The van der Waals surface area contributed by atoms with Crippen LogP contribution in [0.5, 0.6) is 0 Å². The Morgan fingerprint density at radius 1 is 1.03 bits per heavy atom. The summed E-state index contributed by atoms with van der Waals surface area (Å²) in [6.45, 7) is 5.75. The zero-order chi connectivity index (χ0) is 23.7. The lowest BCUT2D eigenvalue weighted by atomic mass is 9.99. The summed E-state index contributed by atoms with van der Waals surface area (Å²) in [4.78, 5) is 17.6. The van der Waals surface area contributed by atoms with E-state index in [1.807, 2.05) is 61.3 Å². The van der Waals surface area contributed by atoms with E-state index >= 15 is 0 Å². The minimum atomic E-state index is -0.0357. The number of rotatable bonds is 5. The molecule has 1 aliphatic heterocycles. The zero-order valence-electron chi connectivity index (χ0n) is 19.7. The maximum absolute atomic E-state index is 13.5. The van der Waals surface area contributed by atoms with Crippen LogP contribution in [-0.4, -0.2) is 69.9 Å². The van der Waals surface area contributed by atoms with Crippen molar-refractivity contribution in [3.63, 3.8) is 0 Å². The lowest BCUT2D eigenvalue weighted by Gasteiger charge is -2.21. The number of β-amino-alcohol motifs (C(OH)–C–C–N with tert-alkyl or cyclic N) is 1. The van der Waals surface area contributed by atoms with Gasteiger partial charge in [-0.1, -0.05) is 42.5 Å². The number of hydrogen-bond acceptors (Lipinski definition) is 5. The van der Waals surface area contributed by atoms with Gasteiger partial charge in [0.1, 0.15) is 11.3 Å². The van der Waals surface area contributed by atoms with Crippen LogP contribution in [0.4, 0.5) is 0 Å². The van der Waals surface area contributed by atoms with Gasteiger partial charge in [-0.2, -0.15) is 5.10 Å². The number of amides is 1. The molecule has 2 aromatic heterocycles. The molecule has 3 heterocycles. The number of carbonyl (C=O) groups is 1. The molecular weight excluding hydrogens is 428 g/mol. The van der Waals surface area contributed by atoms with E-state index in [0.717, 1.165) is 58.6 Å². The molecule has 7 heteroatoms. The van der Waals surface area contributed by atoms with Crippen molar-refractivity contribution in [2.75, 3.05) is 39.3 Å². The maximum atomic E-state index is 13.5. The van der Waals surface area contributed by atoms with Crippen LogP contribution in [0.15, 0.2) is 59.0 Å². The van der Waals surface area contributed by atoms with E-state index in [9.17, 15) is 9.90 Å². The van der Waals surface area contributed by atoms with Crippen molar-refractivity contribution in [1.29, 1.82) is 0 Å². The first-order valence-electron chi connectivity index (χ1n) is 11.8. The Hall–Kier alpha value is -3.42. The van der Waals surface area contributed by atoms with E-state index in [1.54, 1.807) is 4.68 Å². The third-order valence-corrected chi connectivity index (χ3v) is 6.65. The highest BCUT2D eigenvalue weighted by Gasteiger charge is 2.27. The molecule has 34 heavy (non-hydrogen) atoms. The molecule has 2 aromatic carbocycles. The van der Waals surface area contributed by atoms with Gasteiger partial charge in [-0.15, -0.1) is 0 Å². The van der Waals surface area contributed by atoms with E-state index in [0.29, 0.717) is 25.3 Å². The van der Waals surface area contributed by atoms with Crippen LogP contribution in [0, 0.1) is 6.92 Å². The van der Waals surface area contributed by atoms with Crippen LogP contribution >= 0.6 is 0 Å². The summed E-state index contributed by atoms with van der Waals surface area (Å²) in [7, 11) is 1.89. The second-order valence-electron chi connectivity index (χ2n) is 8.85. The molecule has 1 saturated heterocycles. The minimum Gasteiger partial charge on any atom is -0.456 e. The second kappa shape index (κ2) is 9.44. The van der Waals surface area contributed by atoms with Crippen LogP contribution in [0.2, 0.25) is 0 Å². The number of benzene rings is 2. The molecule has 0 spiro atoms. The summed E-state index contributed by atoms with van der Waals surface area (Å²) in [5.74, 6) is 0.758. The van der Waals surface area contributed by atoms with Crippen molar-refractivity contribution in [3.8, 4) is 22.6 Å². The summed E-state index contributed by atoms with van der Waals surface area (Å²) >= 11 is 0. The first-order valence-corrected chi connectivity index (χ1v) is 11.8. The van der Waals surface area contributed by atoms with Crippen LogP contribution in [0.3, 0.4) is 0 Å². The largest absolute Gasteiger partial charge is 0.456 e. The number of furan rings is 1. The Morgan fingerprint density at radius 2 is 1.79 bits per heavy atom. The van der Waals surface area contributed by atoms with Crippen LogP contribution in [-0.2, 0) is 7.05 Å². The third kappa shape index (κ3) is 4.13. The van der Waals surface area contributed by atoms with Crippen molar-refractivity contribution < 1.29 is 14.3 Å². The lowest BCUT2D eigenvalue weighted by molar-refractivity contribution is 0.0753. The summed E-state index contributed by atoms with van der Waals surface area (Å²) in [5, 5.41) is 15.0. The number of hydrogen-bond donors (Lipinski definition) is 1. The monoisotopic (exact) mass is 458 g/mol. The number of aromatic nitrogens is 2. The third-order valence-electron chi connectivity index (χ3n) is 6.65. The molecule has 1 amide bonds. The highest BCUT2D eigenvalue weighted by molar-refractivity contribution is 5.97. The average Bonchev–Trinajstić information content (AvgIpc) is 3.31. The van der Waals surface area contributed by atoms with Crippen LogP contribution in [0.25, 0.3) is 33.6 Å². The maximum Gasteiger partial charge on any atom is 0.274 e. The van der Waals surface area contributed by atoms with E-state index < -0.39 is 0 Å². The molecule has 0 aliphatic carbocycles. The van der Waals surface area contributed by atoms with Gasteiger partial charge in [0.2, 0.25) is 0 Å². The number of aliphatic hydroxyl groups is 1. The van der Waals surface area contributed by atoms with Gasteiger partial charge in [0.05, 0.1) is 12.3 Å². The highest BCUT2D eigenvalue weighted by Crippen LogP contribution is 2.37. The fourth-order valence-corrected chi connectivity index (χ4v) is 4.92. The van der Waals surface area contributed by atoms with Crippen molar-refractivity contribution in [2.45, 2.75) is 13.3 Å². The SMILES string of the molecule is Cc1c(C(=O)N2CCCN(CCO)CC2)nn(C)c1-c1ccccc1-c1cc2ccccc2o1. The predicted octanol–water partition coefficient (Wildman–Crippen LogP) is 3.95. The molecule has 1 fully saturated rings. The Bertz CT molecular complexity index is 1290. The summed E-state index contributed by atoms with van der Waals surface area (Å²) < 4.78 is 7.97. The molecule has 0 saturated carbocycles. The molecule has 0 radical (unpaired) electrons. The lowest BCUT2D eigenvalue weighted by Crippen LogP contribution is -2.36. The van der Waals surface area contributed by atoms with Gasteiger partial charge < -0.3 is 14.4 Å². The van der Waals surface area contributed by atoms with Gasteiger partial charge in [-0.25, -0.2) is 0 Å². The van der Waals surface area contributed by atoms with Crippen LogP contribution < -0.4 is 0 Å². The molecule has 176 valence electrons. The van der Waals surface area contributed by atoms with Crippen molar-refractivity contribution in [1.82, 2.24) is 19.6 Å². The minimum absolute atomic E-state index is 0.0357. The predicted molar refractivity (Wildman–Crippen MR) is 133 cm³/mol. The normalized spacial score (nSPS) is 15.1. The van der Waals surface area contributed by atoms with Crippen molar-refractivity contribution in [2.24, 2.45) is 7.05 Å². The Labute approximate surface area is 199 Å². The van der Waals surface area contributed by atoms with Gasteiger partial charge in [0, 0.05) is 55.3 Å². The first-order chi connectivity index (χ1) is 16.6. The molecule has 1 aliphatic rings. The standard InChI is InChI=1S/C27H30N4O3/c1-19-25(27(33)31-13-7-12-30(14-15-31)16-17-32)28-29(2)26(19)22-10-5-4-9-21(22)24-18-20-8-3-6-11-23(20)34-24/h3-6,8-11,18,32H,7,12-17H2,1-2H3. The summed E-state index contributed by atoms with van der Waals surface area (Å²) in [6, 6.07) is 18.1. The fraction of sp³-hybridized carbons (Fsp3) is 0.333. The second-order valence-corrected chi connectivity index (χ2v) is 8.85. The molecule has 0 bridgehead atoms. The highest BCUT2D eigenvalue weighted by atomic mass is 16.3. The average molecular weight is 459 g/mol. The number of aryl methyl sites for hydroxylation is 1. The van der Waals surface area contributed by atoms with Gasteiger partial charge in [0.25, 0.3) is 5.91 Å². The number of para-hydroxylation sites is 1. The van der Waals surface area contributed by atoms with E-state index in [-0.39, 0.29) is 12.5 Å². The first kappa shape index (κ1) is 22.4. The molecule has 0 atom stereocenters. The van der Waals surface area contributed by atoms with Crippen LogP contribution in [0.1, 0.15) is 22.5 Å². The smallest absolute Gasteiger partial charge is 0.274 e. The number of nitrogens with zero attached hydrogens (tertiary/aromatic N) is 4. The molecular formula is C27H30N4O3. The zero-order valence-corrected chi connectivity index (χ0v) is 19.7. The summed E-state index contributed by atoms with van der Waals surface area (Å²) in [5.41, 5.74) is 5.08. The topological polar surface area (TPSA) is 74.7 Å². The Morgan fingerprint density at radius 3 is 2.59 bits per heavy atom. The number of aliphatic hydroxyl groups excluding tert-OH is 1. The van der Waals surface area contributed by atoms with Gasteiger partial charge in [-0.3, -0.25) is 14.4 Å². The quantitative estimate of drug-likeness (QED) is 0.490. The van der Waals surface area contributed by atoms with Crippen molar-refractivity contribution >= 4 is 16.9 Å². The number of fused-ring (bicyclic) bond motifs is 1. The summed E-state index contributed by atoms with van der Waals surface area (Å²) in [6.07, 6.45) is 0.888. The molecule has 5 rings (SSSR count).